The van der Waals surface area contributed by atoms with Crippen LogP contribution in [0.2, 0.25) is 0 Å². The summed E-state index contributed by atoms with van der Waals surface area (Å²) in [4.78, 5) is 22.7. The number of esters is 1. The molecule has 0 radical (unpaired) electrons. The largest absolute Gasteiger partial charge is 0.469 e. The molecule has 0 spiro atoms. The summed E-state index contributed by atoms with van der Waals surface area (Å²) in [5, 5.41) is 5.12. The number of aryl methyl sites for hydroxylation is 1. The summed E-state index contributed by atoms with van der Waals surface area (Å²) in [5.41, 5.74) is 1.14. The number of hydrogen-bond donors (Lipinski definition) is 2. The van der Waals surface area contributed by atoms with Crippen LogP contribution in [0.1, 0.15) is 12.5 Å². The zero-order valence-electron chi connectivity index (χ0n) is 11.1. The quantitative estimate of drug-likeness (QED) is 0.821. The van der Waals surface area contributed by atoms with E-state index in [-0.39, 0.29) is 12.4 Å². The van der Waals surface area contributed by atoms with Gasteiger partial charge in [-0.1, -0.05) is 6.92 Å². The van der Waals surface area contributed by atoms with Gasteiger partial charge in [0.25, 0.3) is 0 Å². The molecule has 6 heteroatoms. The van der Waals surface area contributed by atoms with Crippen molar-refractivity contribution >= 4 is 17.7 Å². The molecule has 1 rings (SSSR count). The Morgan fingerprint density at radius 2 is 2.11 bits per heavy atom. The number of urea groups is 1. The lowest BCUT2D eigenvalue weighted by molar-refractivity contribution is -0.144. The van der Waals surface area contributed by atoms with E-state index >= 15 is 0 Å². The molecule has 1 aromatic rings. The highest BCUT2D eigenvalue weighted by molar-refractivity contribution is 5.90. The second-order valence-corrected chi connectivity index (χ2v) is 4.22. The molecule has 0 saturated heterocycles. The highest BCUT2D eigenvalue weighted by Gasteiger charge is 2.14. The van der Waals surface area contributed by atoms with Gasteiger partial charge in [0.05, 0.1) is 13.0 Å². The standard InChI is InChI=1S/C13H17FN2O3/c1-8-6-10(14)4-5-11(8)16-13(18)15-7-9(2)12(17)19-3/h4-6,9H,7H2,1-3H3,(H2,15,16,18)/t9-/m1/s1. The number of hydrogen-bond acceptors (Lipinski definition) is 3. The van der Waals surface area contributed by atoms with E-state index in [0.717, 1.165) is 0 Å². The predicted octanol–water partition coefficient (Wildman–Crippen LogP) is 2.06. The van der Waals surface area contributed by atoms with Gasteiger partial charge in [-0.05, 0) is 30.7 Å². The summed E-state index contributed by atoms with van der Waals surface area (Å²) < 4.78 is 17.4. The average molecular weight is 268 g/mol. The van der Waals surface area contributed by atoms with Crippen LogP contribution in [0.4, 0.5) is 14.9 Å². The van der Waals surface area contributed by atoms with Crippen LogP contribution in [0.5, 0.6) is 0 Å². The van der Waals surface area contributed by atoms with Gasteiger partial charge < -0.3 is 15.4 Å². The highest BCUT2D eigenvalue weighted by Crippen LogP contribution is 2.15. The Morgan fingerprint density at radius 1 is 1.42 bits per heavy atom. The summed E-state index contributed by atoms with van der Waals surface area (Å²) in [6, 6.07) is 3.62. The lowest BCUT2D eigenvalue weighted by Crippen LogP contribution is -2.35. The molecule has 2 amide bonds. The van der Waals surface area contributed by atoms with Crippen LogP contribution in [0.25, 0.3) is 0 Å². The van der Waals surface area contributed by atoms with Crippen molar-refractivity contribution in [3.8, 4) is 0 Å². The molecule has 0 heterocycles. The van der Waals surface area contributed by atoms with Crippen LogP contribution in [0, 0.1) is 18.7 Å². The van der Waals surface area contributed by atoms with E-state index in [0.29, 0.717) is 11.3 Å². The van der Waals surface area contributed by atoms with E-state index in [4.69, 9.17) is 0 Å². The topological polar surface area (TPSA) is 67.4 Å². The van der Waals surface area contributed by atoms with Gasteiger partial charge in [0, 0.05) is 12.2 Å². The molecule has 1 atom stereocenters. The minimum Gasteiger partial charge on any atom is -0.469 e. The van der Waals surface area contributed by atoms with E-state index in [1.54, 1.807) is 13.8 Å². The molecule has 0 unspecified atom stereocenters. The fourth-order valence-corrected chi connectivity index (χ4v) is 1.46. The molecule has 0 aliphatic heterocycles. The summed E-state index contributed by atoms with van der Waals surface area (Å²) in [7, 11) is 1.29. The van der Waals surface area contributed by atoms with Crippen LogP contribution in [0.15, 0.2) is 18.2 Å². The van der Waals surface area contributed by atoms with Crippen LogP contribution in [0.3, 0.4) is 0 Å². The minimum atomic E-state index is -0.453. The maximum absolute atomic E-state index is 12.9. The molecule has 0 saturated carbocycles. The van der Waals surface area contributed by atoms with Crippen molar-refractivity contribution in [2.75, 3.05) is 19.0 Å². The summed E-state index contributed by atoms with van der Waals surface area (Å²) >= 11 is 0. The number of anilines is 1. The number of carbonyl (C=O) groups is 2. The maximum Gasteiger partial charge on any atom is 0.319 e. The number of amides is 2. The average Bonchev–Trinajstić information content (AvgIpc) is 2.38. The van der Waals surface area contributed by atoms with Gasteiger partial charge in [0.2, 0.25) is 0 Å². The predicted molar refractivity (Wildman–Crippen MR) is 69.3 cm³/mol. The first-order valence-electron chi connectivity index (χ1n) is 5.83. The zero-order chi connectivity index (χ0) is 14.4. The van der Waals surface area contributed by atoms with Crippen LogP contribution >= 0.6 is 0 Å². The first-order chi connectivity index (χ1) is 8.93. The fourth-order valence-electron chi connectivity index (χ4n) is 1.46. The molecule has 5 nitrogen and oxygen atoms in total. The van der Waals surface area contributed by atoms with Crippen LogP contribution in [-0.2, 0) is 9.53 Å². The Hall–Kier alpha value is -2.11. The Kier molecular flexibility index (Phi) is 5.29. The molecule has 19 heavy (non-hydrogen) atoms. The number of halogens is 1. The molecule has 0 fully saturated rings. The molecule has 104 valence electrons. The lowest BCUT2D eigenvalue weighted by atomic mass is 10.2. The van der Waals surface area contributed by atoms with Crippen LogP contribution in [-0.4, -0.2) is 25.7 Å². The van der Waals surface area contributed by atoms with Crippen molar-refractivity contribution in [2.24, 2.45) is 5.92 Å². The smallest absolute Gasteiger partial charge is 0.319 e. The second kappa shape index (κ2) is 6.72. The van der Waals surface area contributed by atoms with E-state index in [9.17, 15) is 14.0 Å². The summed E-state index contributed by atoms with van der Waals surface area (Å²) in [6.07, 6.45) is 0. The SMILES string of the molecule is COC(=O)[C@H](C)CNC(=O)Nc1ccc(F)cc1C. The number of rotatable bonds is 4. The second-order valence-electron chi connectivity index (χ2n) is 4.22. The molecule has 0 bridgehead atoms. The van der Waals surface area contributed by atoms with Crippen LogP contribution < -0.4 is 10.6 Å². The minimum absolute atomic E-state index is 0.165. The fraction of sp³-hybridized carbons (Fsp3) is 0.385. The molecule has 1 aromatic carbocycles. The summed E-state index contributed by atoms with van der Waals surface area (Å²) in [6.45, 7) is 3.50. The van der Waals surface area contributed by atoms with Crippen molar-refractivity contribution in [2.45, 2.75) is 13.8 Å². The Bertz CT molecular complexity index is 477. The third-order valence-corrected chi connectivity index (χ3v) is 2.61. The number of benzene rings is 1. The van der Waals surface area contributed by atoms with E-state index in [1.165, 1.54) is 25.3 Å². The van der Waals surface area contributed by atoms with Crippen molar-refractivity contribution in [1.82, 2.24) is 5.32 Å². The van der Waals surface area contributed by atoms with E-state index in [1.807, 2.05) is 0 Å². The van der Waals surface area contributed by atoms with Crippen molar-refractivity contribution in [3.05, 3.63) is 29.6 Å². The highest BCUT2D eigenvalue weighted by atomic mass is 19.1. The monoisotopic (exact) mass is 268 g/mol. The van der Waals surface area contributed by atoms with Gasteiger partial charge >= 0.3 is 12.0 Å². The van der Waals surface area contributed by atoms with E-state index < -0.39 is 17.9 Å². The maximum atomic E-state index is 12.9. The van der Waals surface area contributed by atoms with Gasteiger partial charge in [-0.15, -0.1) is 0 Å². The van der Waals surface area contributed by atoms with Gasteiger partial charge in [0.1, 0.15) is 5.82 Å². The van der Waals surface area contributed by atoms with Gasteiger partial charge in [-0.25, -0.2) is 9.18 Å². The normalized spacial score (nSPS) is 11.6. The molecular weight excluding hydrogens is 251 g/mol. The van der Waals surface area contributed by atoms with Crippen molar-refractivity contribution in [3.63, 3.8) is 0 Å². The van der Waals surface area contributed by atoms with Gasteiger partial charge in [-0.2, -0.15) is 0 Å². The Morgan fingerprint density at radius 3 is 2.68 bits per heavy atom. The van der Waals surface area contributed by atoms with Gasteiger partial charge in [-0.3, -0.25) is 4.79 Å². The third-order valence-electron chi connectivity index (χ3n) is 2.61. The molecule has 0 aliphatic carbocycles. The van der Waals surface area contributed by atoms with Crippen molar-refractivity contribution in [1.29, 1.82) is 0 Å². The molecular formula is C13H17FN2O3. The number of nitrogens with one attached hydrogen (secondary N) is 2. The summed E-state index contributed by atoms with van der Waals surface area (Å²) in [5.74, 6) is -1.17. The number of carbonyl (C=O) groups excluding carboxylic acids is 2. The molecule has 0 aromatic heterocycles. The van der Waals surface area contributed by atoms with Gasteiger partial charge in [0.15, 0.2) is 0 Å². The number of ether oxygens (including phenoxy) is 1. The zero-order valence-corrected chi connectivity index (χ0v) is 11.1. The first-order valence-corrected chi connectivity index (χ1v) is 5.83. The third kappa shape index (κ3) is 4.57. The van der Waals surface area contributed by atoms with E-state index in [2.05, 4.69) is 15.4 Å². The first kappa shape index (κ1) is 14.9. The lowest BCUT2D eigenvalue weighted by Gasteiger charge is -2.12. The van der Waals surface area contributed by atoms with Crippen molar-refractivity contribution < 1.29 is 18.7 Å². The Labute approximate surface area is 111 Å². The number of methoxy groups -OCH3 is 1. The molecule has 2 N–H and O–H groups in total. The molecule has 0 aliphatic rings. The Balaban J connectivity index is 2.49.